The number of benzene rings is 1. The highest BCUT2D eigenvalue weighted by Crippen LogP contribution is 2.38. The summed E-state index contributed by atoms with van der Waals surface area (Å²) >= 11 is -1.34. The van der Waals surface area contributed by atoms with Gasteiger partial charge in [0.2, 0.25) is 0 Å². The highest BCUT2D eigenvalue weighted by Gasteiger charge is 2.31. The third-order valence-electron chi connectivity index (χ3n) is 7.38. The molecule has 2 rings (SSSR count). The first kappa shape index (κ1) is 35.0. The molecule has 1 N–H and O–H groups in total. The number of ether oxygens (including phenoxy) is 2. The molecule has 0 aromatic heterocycles. The Labute approximate surface area is 237 Å². The van der Waals surface area contributed by atoms with Gasteiger partial charge < -0.3 is 14.6 Å². The van der Waals surface area contributed by atoms with Crippen LogP contribution in [0.15, 0.2) is 47.7 Å². The average molecular weight is 569 g/mol. The minimum atomic E-state index is -1.34. The van der Waals surface area contributed by atoms with Crippen LogP contribution in [0.1, 0.15) is 64.9 Å². The van der Waals surface area contributed by atoms with Gasteiger partial charge in [0, 0.05) is 46.5 Å². The molecule has 5 unspecified atom stereocenters. The summed E-state index contributed by atoms with van der Waals surface area (Å²) in [6.45, 7) is 7.90. The van der Waals surface area contributed by atoms with Gasteiger partial charge in [0.15, 0.2) is 11.2 Å². The molecule has 0 spiro atoms. The average Bonchev–Trinajstić information content (AvgIpc) is 2.96. The first-order valence-corrected chi connectivity index (χ1v) is 14.8. The Balaban J connectivity index is 0.00000371. The van der Waals surface area contributed by atoms with Gasteiger partial charge in [0.05, 0.1) is 19.1 Å². The fourth-order valence-corrected chi connectivity index (χ4v) is 5.73. The summed E-state index contributed by atoms with van der Waals surface area (Å²) < 4.78 is 40.3. The molecule has 0 bridgehead atoms. The number of likely N-dealkylation sites (N-methyl/N-ethyl adjacent to an activating group) is 1. The predicted molar refractivity (Wildman–Crippen MR) is 156 cm³/mol. The topological polar surface area (TPSA) is 79.3 Å². The number of allylic oxidation sites excluding steroid dienone is 1. The summed E-state index contributed by atoms with van der Waals surface area (Å²) in [7, 11) is 8.34. The van der Waals surface area contributed by atoms with Crippen molar-refractivity contribution in [2.45, 2.75) is 65.4 Å². The van der Waals surface area contributed by atoms with E-state index in [0.717, 1.165) is 23.3 Å². The van der Waals surface area contributed by atoms with E-state index in [0.29, 0.717) is 19.3 Å². The van der Waals surface area contributed by atoms with E-state index in [1.165, 1.54) is 19.2 Å². The van der Waals surface area contributed by atoms with Crippen molar-refractivity contribution in [2.24, 2.45) is 17.8 Å². The molecule has 6 atom stereocenters. The number of aliphatic hydroxyl groups excluding tert-OH is 1. The van der Waals surface area contributed by atoms with Crippen LogP contribution in [0.25, 0.3) is 0 Å². The number of hydrogen-bond donors (Lipinski definition) is 1. The van der Waals surface area contributed by atoms with E-state index in [-0.39, 0.29) is 48.2 Å². The molecular weight excluding hydrogens is 519 g/mol. The van der Waals surface area contributed by atoms with Gasteiger partial charge in [-0.25, -0.2) is 12.9 Å². The van der Waals surface area contributed by atoms with E-state index < -0.39 is 11.2 Å². The van der Waals surface area contributed by atoms with E-state index in [4.69, 9.17) is 9.47 Å². The quantitative estimate of drug-likeness (QED) is 0.302. The zero-order valence-electron chi connectivity index (χ0n) is 25.1. The minimum absolute atomic E-state index is 0.0708. The molecule has 0 saturated carbocycles. The molecule has 0 heterocycles. The Bertz CT molecular complexity index is 967. The van der Waals surface area contributed by atoms with Crippen LogP contribution in [-0.2, 0) is 25.4 Å². The van der Waals surface area contributed by atoms with Gasteiger partial charge in [-0.05, 0) is 66.9 Å². The molecule has 0 aliphatic heterocycles. The Morgan fingerprint density at radius 3 is 2.26 bits per heavy atom. The zero-order chi connectivity index (χ0) is 29.7. The van der Waals surface area contributed by atoms with Gasteiger partial charge in [-0.1, -0.05) is 45.9 Å². The summed E-state index contributed by atoms with van der Waals surface area (Å²) in [4.78, 5) is 12.0. The lowest BCUT2D eigenvalue weighted by Gasteiger charge is -2.34. The molecule has 39 heavy (non-hydrogen) atoms. The van der Waals surface area contributed by atoms with Crippen molar-refractivity contribution < 1.29 is 28.0 Å². The second kappa shape index (κ2) is 17.6. The van der Waals surface area contributed by atoms with Crippen molar-refractivity contribution in [1.29, 1.82) is 0 Å². The standard InChI is InChI=1S/C28H43FN2O5S.C2H6/c1-19(28(33)36-7)8-9-22(20(2)21-10-12-24(29)13-11-21)16-23(18-32)26-17-25(14-15-27(26)35-6)31(5)37(34)30(3)4;1-2/h10-14,17,19-20,22-23,27,32H,8-9,15-16,18H2,1-7H3;1-2H3/t19?,20-,22?,23?,27?,37?;/m0./s1. The maximum atomic E-state index is 13.6. The number of hydrogen-bond acceptors (Lipinski definition) is 5. The predicted octanol–water partition coefficient (Wildman–Crippen LogP) is 5.46. The Hall–Kier alpha value is -2.07. The summed E-state index contributed by atoms with van der Waals surface area (Å²) in [5.41, 5.74) is 2.79. The van der Waals surface area contributed by atoms with Crippen LogP contribution in [0.2, 0.25) is 0 Å². The molecule has 222 valence electrons. The van der Waals surface area contributed by atoms with Crippen LogP contribution >= 0.6 is 0 Å². The molecule has 0 saturated heterocycles. The van der Waals surface area contributed by atoms with Crippen LogP contribution in [-0.4, -0.2) is 72.0 Å². The molecule has 1 aromatic rings. The summed E-state index contributed by atoms with van der Waals surface area (Å²) in [5.74, 6) is -0.789. The van der Waals surface area contributed by atoms with E-state index in [2.05, 4.69) is 6.92 Å². The Morgan fingerprint density at radius 1 is 1.13 bits per heavy atom. The fraction of sp³-hybridized carbons (Fsp3) is 0.633. The number of halogens is 1. The van der Waals surface area contributed by atoms with Crippen molar-refractivity contribution in [3.63, 3.8) is 0 Å². The highest BCUT2D eigenvalue weighted by molar-refractivity contribution is 7.80. The molecule has 9 heteroatoms. The van der Waals surface area contributed by atoms with E-state index in [9.17, 15) is 18.5 Å². The van der Waals surface area contributed by atoms with Crippen molar-refractivity contribution >= 4 is 17.1 Å². The Morgan fingerprint density at radius 2 is 1.74 bits per heavy atom. The maximum absolute atomic E-state index is 13.6. The number of nitrogens with zero attached hydrogens (tertiary/aromatic N) is 2. The fourth-order valence-electron chi connectivity index (χ4n) is 4.93. The zero-order valence-corrected chi connectivity index (χ0v) is 26.0. The molecule has 1 aromatic carbocycles. The highest BCUT2D eigenvalue weighted by atomic mass is 32.2. The molecule has 0 fully saturated rings. The number of esters is 1. The van der Waals surface area contributed by atoms with Gasteiger partial charge in [-0.2, -0.15) is 0 Å². The van der Waals surface area contributed by atoms with Crippen molar-refractivity contribution in [2.75, 3.05) is 42.0 Å². The van der Waals surface area contributed by atoms with Crippen LogP contribution in [0, 0.1) is 23.6 Å². The van der Waals surface area contributed by atoms with Crippen molar-refractivity contribution in [3.8, 4) is 0 Å². The summed E-state index contributed by atoms with van der Waals surface area (Å²) in [5, 5.41) is 10.5. The third-order valence-corrected chi connectivity index (χ3v) is 8.68. The van der Waals surface area contributed by atoms with Crippen LogP contribution in [0.4, 0.5) is 4.39 Å². The van der Waals surface area contributed by atoms with Gasteiger partial charge in [-0.15, -0.1) is 0 Å². The molecule has 0 radical (unpaired) electrons. The van der Waals surface area contributed by atoms with E-state index in [1.807, 2.05) is 32.9 Å². The van der Waals surface area contributed by atoms with Gasteiger partial charge in [0.1, 0.15) is 5.82 Å². The van der Waals surface area contributed by atoms with E-state index in [1.54, 1.807) is 49.0 Å². The lowest BCUT2D eigenvalue weighted by Crippen LogP contribution is -2.33. The monoisotopic (exact) mass is 568 g/mol. The van der Waals surface area contributed by atoms with Gasteiger partial charge in [-0.3, -0.25) is 9.10 Å². The van der Waals surface area contributed by atoms with Crippen molar-refractivity contribution in [3.05, 3.63) is 59.1 Å². The van der Waals surface area contributed by atoms with Crippen molar-refractivity contribution in [1.82, 2.24) is 8.61 Å². The van der Waals surface area contributed by atoms with Crippen LogP contribution in [0.5, 0.6) is 0 Å². The number of carbonyl (C=O) groups is 1. The molecule has 1 aliphatic carbocycles. The summed E-state index contributed by atoms with van der Waals surface area (Å²) in [6.07, 6.45) is 6.44. The maximum Gasteiger partial charge on any atom is 0.308 e. The Kier molecular flexibility index (Phi) is 15.8. The first-order valence-electron chi connectivity index (χ1n) is 13.8. The van der Waals surface area contributed by atoms with Gasteiger partial charge in [0.25, 0.3) is 0 Å². The normalized spacial score (nSPS) is 19.0. The van der Waals surface area contributed by atoms with Crippen LogP contribution in [0.3, 0.4) is 0 Å². The van der Waals surface area contributed by atoms with Crippen LogP contribution < -0.4 is 0 Å². The molecule has 0 amide bonds. The number of rotatable bonds is 14. The summed E-state index contributed by atoms with van der Waals surface area (Å²) in [6, 6.07) is 6.53. The third kappa shape index (κ3) is 10.1. The largest absolute Gasteiger partial charge is 0.469 e. The first-order chi connectivity index (χ1) is 18.5. The van der Waals surface area contributed by atoms with Gasteiger partial charge >= 0.3 is 5.97 Å². The number of aliphatic hydroxyl groups is 1. The lowest BCUT2D eigenvalue weighted by atomic mass is 9.75. The molecule has 7 nitrogen and oxygen atoms in total. The smallest absolute Gasteiger partial charge is 0.308 e. The second-order valence-corrected chi connectivity index (χ2v) is 11.7. The number of methoxy groups -OCH3 is 2. The SMILES string of the molecule is CC.COC(=O)C(C)CCC(CC(CO)C1=CC(N(C)S(=O)N(C)C)=CCC1OC)[C@@H](C)c1ccc(F)cc1. The van der Waals surface area contributed by atoms with E-state index >= 15 is 0 Å². The lowest BCUT2D eigenvalue weighted by molar-refractivity contribution is -0.145. The molecular formula is C30H49FN2O5S. The minimum Gasteiger partial charge on any atom is -0.469 e. The second-order valence-electron chi connectivity index (χ2n) is 9.99. The number of carbonyl (C=O) groups excluding carboxylic acids is 1. The molecule has 1 aliphatic rings.